The highest BCUT2D eigenvalue weighted by atomic mass is 16.2. The van der Waals surface area contributed by atoms with Gasteiger partial charge in [-0.3, -0.25) is 24.1 Å². The number of hydrogen-bond acceptors (Lipinski definition) is 4. The molecule has 0 bridgehead atoms. The first-order chi connectivity index (χ1) is 12.9. The SMILES string of the molecule is C=CCN1C(=O)[C@H]2[C@H](CCC(N)=O)[NH2+][C@@]3(C(=O)Nc4ccccc43)[C@@H]2C1=O. The second-order valence-corrected chi connectivity index (χ2v) is 7.28. The Morgan fingerprint density at radius 1 is 1.30 bits per heavy atom. The summed E-state index contributed by atoms with van der Waals surface area (Å²) in [5, 5.41) is 4.65. The van der Waals surface area contributed by atoms with E-state index in [-0.39, 0.29) is 36.7 Å². The average Bonchev–Trinajstić information content (AvgIpc) is 3.21. The first-order valence-corrected chi connectivity index (χ1v) is 8.93. The maximum absolute atomic E-state index is 13.2. The van der Waals surface area contributed by atoms with Crippen LogP contribution in [0.15, 0.2) is 36.9 Å². The molecule has 0 radical (unpaired) electrons. The van der Waals surface area contributed by atoms with Crippen molar-refractivity contribution in [3.05, 3.63) is 42.5 Å². The van der Waals surface area contributed by atoms with Crippen molar-refractivity contribution in [1.82, 2.24) is 4.90 Å². The van der Waals surface area contributed by atoms with Crippen LogP contribution >= 0.6 is 0 Å². The first-order valence-electron chi connectivity index (χ1n) is 8.93. The summed E-state index contributed by atoms with van der Waals surface area (Å²) in [7, 11) is 0. The van der Waals surface area contributed by atoms with Crippen molar-refractivity contribution < 1.29 is 24.5 Å². The number of para-hydroxylation sites is 1. The number of anilines is 1. The van der Waals surface area contributed by atoms with E-state index in [1.54, 1.807) is 17.4 Å². The van der Waals surface area contributed by atoms with Crippen molar-refractivity contribution in [2.24, 2.45) is 17.6 Å². The molecule has 2 saturated heterocycles. The molecular weight excluding hydrogens is 348 g/mol. The number of fused-ring (bicyclic) bond motifs is 4. The largest absolute Gasteiger partial charge is 0.370 e. The number of nitrogens with one attached hydrogen (secondary N) is 1. The van der Waals surface area contributed by atoms with E-state index in [4.69, 9.17) is 5.73 Å². The minimum atomic E-state index is -1.20. The second kappa shape index (κ2) is 6.02. The highest BCUT2D eigenvalue weighted by molar-refractivity contribution is 6.13. The summed E-state index contributed by atoms with van der Waals surface area (Å²) in [6, 6.07) is 6.82. The number of nitrogens with two attached hydrogens (primary N) is 2. The van der Waals surface area contributed by atoms with Crippen LogP contribution in [0.3, 0.4) is 0 Å². The van der Waals surface area contributed by atoms with Gasteiger partial charge in [0.15, 0.2) is 0 Å². The predicted octanol–water partition coefficient (Wildman–Crippen LogP) is -1.17. The fourth-order valence-corrected chi connectivity index (χ4v) is 4.86. The molecule has 2 fully saturated rings. The van der Waals surface area contributed by atoms with Crippen molar-refractivity contribution in [2.75, 3.05) is 11.9 Å². The minimum absolute atomic E-state index is 0.0899. The van der Waals surface area contributed by atoms with Gasteiger partial charge < -0.3 is 16.4 Å². The number of nitrogens with zero attached hydrogens (tertiary/aromatic N) is 1. The van der Waals surface area contributed by atoms with E-state index in [2.05, 4.69) is 11.9 Å². The summed E-state index contributed by atoms with van der Waals surface area (Å²) in [4.78, 5) is 51.7. The third-order valence-corrected chi connectivity index (χ3v) is 5.90. The van der Waals surface area contributed by atoms with E-state index in [1.807, 2.05) is 12.1 Å². The monoisotopic (exact) mass is 369 g/mol. The van der Waals surface area contributed by atoms with Gasteiger partial charge in [-0.2, -0.15) is 0 Å². The molecule has 3 aliphatic heterocycles. The molecule has 1 aromatic rings. The van der Waals surface area contributed by atoms with Crippen molar-refractivity contribution >= 4 is 29.3 Å². The van der Waals surface area contributed by atoms with Crippen LogP contribution in [0.4, 0.5) is 5.69 Å². The molecule has 0 saturated carbocycles. The number of carbonyl (C=O) groups excluding carboxylic acids is 4. The van der Waals surface area contributed by atoms with Gasteiger partial charge in [0.2, 0.25) is 23.3 Å². The summed E-state index contributed by atoms with van der Waals surface area (Å²) in [6.07, 6.45) is 1.91. The zero-order chi connectivity index (χ0) is 19.3. The third kappa shape index (κ3) is 2.26. The van der Waals surface area contributed by atoms with Crippen LogP contribution < -0.4 is 16.4 Å². The maximum atomic E-state index is 13.2. The number of hydrogen-bond donors (Lipinski definition) is 3. The number of benzene rings is 1. The summed E-state index contributed by atoms with van der Waals surface area (Å²) in [6.45, 7) is 3.71. The van der Waals surface area contributed by atoms with Gasteiger partial charge in [0, 0.05) is 24.9 Å². The Hall–Kier alpha value is -3.00. The van der Waals surface area contributed by atoms with E-state index >= 15 is 0 Å². The molecule has 4 rings (SSSR count). The summed E-state index contributed by atoms with van der Waals surface area (Å²) >= 11 is 0. The molecule has 4 atom stereocenters. The van der Waals surface area contributed by atoms with Crippen LogP contribution in [-0.2, 0) is 24.7 Å². The molecule has 3 heterocycles. The third-order valence-electron chi connectivity index (χ3n) is 5.90. The van der Waals surface area contributed by atoms with Crippen molar-refractivity contribution in [1.29, 1.82) is 0 Å². The number of imide groups is 1. The average molecular weight is 369 g/mol. The van der Waals surface area contributed by atoms with Crippen LogP contribution in [-0.4, -0.2) is 41.1 Å². The Morgan fingerprint density at radius 2 is 2.04 bits per heavy atom. The summed E-state index contributed by atoms with van der Waals surface area (Å²) < 4.78 is 0. The molecular formula is C19H21N4O4+. The van der Waals surface area contributed by atoms with Crippen LogP contribution in [0.1, 0.15) is 18.4 Å². The maximum Gasteiger partial charge on any atom is 0.291 e. The van der Waals surface area contributed by atoms with Crippen LogP contribution in [0.2, 0.25) is 0 Å². The molecule has 8 heteroatoms. The zero-order valence-electron chi connectivity index (χ0n) is 14.7. The van der Waals surface area contributed by atoms with Gasteiger partial charge in [-0.1, -0.05) is 24.3 Å². The molecule has 140 valence electrons. The van der Waals surface area contributed by atoms with Crippen molar-refractivity contribution in [3.63, 3.8) is 0 Å². The molecule has 0 aromatic heterocycles. The van der Waals surface area contributed by atoms with Gasteiger partial charge in [-0.05, 0) is 6.07 Å². The topological polar surface area (TPSA) is 126 Å². The van der Waals surface area contributed by atoms with E-state index < -0.39 is 23.3 Å². The minimum Gasteiger partial charge on any atom is -0.370 e. The number of quaternary nitrogens is 1. The van der Waals surface area contributed by atoms with E-state index in [9.17, 15) is 19.2 Å². The van der Waals surface area contributed by atoms with E-state index in [0.29, 0.717) is 17.7 Å². The Morgan fingerprint density at radius 3 is 2.74 bits per heavy atom. The molecule has 3 aliphatic rings. The molecule has 27 heavy (non-hydrogen) atoms. The zero-order valence-corrected chi connectivity index (χ0v) is 14.7. The fraction of sp³-hybridized carbons (Fsp3) is 0.368. The highest BCUT2D eigenvalue weighted by Crippen LogP contribution is 2.49. The standard InChI is InChI=1S/C19H20N4O4/c1-2-9-23-16(25)14-12(7-8-13(20)24)22-19(15(14)17(23)26)10-5-3-4-6-11(10)21-18(19)27/h2-6,12,14-15,22H,1,7-9H2,(H2,20,24)(H,21,27)/p+1/t12-,14-,15-,19+/m0/s1. The van der Waals surface area contributed by atoms with Crippen LogP contribution in [0, 0.1) is 11.8 Å². The molecule has 1 aromatic carbocycles. The highest BCUT2D eigenvalue weighted by Gasteiger charge is 2.73. The Labute approximate surface area is 155 Å². The van der Waals surface area contributed by atoms with Gasteiger partial charge in [0.1, 0.15) is 17.9 Å². The van der Waals surface area contributed by atoms with E-state index in [1.165, 1.54) is 11.0 Å². The molecule has 5 N–H and O–H groups in total. The van der Waals surface area contributed by atoms with Gasteiger partial charge in [0.05, 0.1) is 5.69 Å². The number of rotatable bonds is 5. The molecule has 0 unspecified atom stereocenters. The van der Waals surface area contributed by atoms with Gasteiger partial charge in [0.25, 0.3) is 5.91 Å². The Kier molecular flexibility index (Phi) is 3.88. The Balaban J connectivity index is 1.83. The number of amides is 4. The second-order valence-electron chi connectivity index (χ2n) is 7.28. The van der Waals surface area contributed by atoms with Gasteiger partial charge in [-0.25, -0.2) is 0 Å². The first kappa shape index (κ1) is 17.4. The molecule has 4 amide bonds. The van der Waals surface area contributed by atoms with Crippen molar-refractivity contribution in [3.8, 4) is 0 Å². The van der Waals surface area contributed by atoms with Crippen LogP contribution in [0.5, 0.6) is 0 Å². The summed E-state index contributed by atoms with van der Waals surface area (Å²) in [5.41, 5.74) is 5.43. The summed E-state index contributed by atoms with van der Waals surface area (Å²) in [5.74, 6) is -2.95. The molecule has 1 spiro atoms. The lowest BCUT2D eigenvalue weighted by atomic mass is 9.76. The van der Waals surface area contributed by atoms with Crippen LogP contribution in [0.25, 0.3) is 0 Å². The fourth-order valence-electron chi connectivity index (χ4n) is 4.86. The molecule has 0 aliphatic carbocycles. The van der Waals surface area contributed by atoms with Crippen molar-refractivity contribution in [2.45, 2.75) is 24.4 Å². The Bertz CT molecular complexity index is 882. The normalized spacial score (nSPS) is 31.2. The lowest BCUT2D eigenvalue weighted by Crippen LogP contribution is -2.99. The number of likely N-dealkylation sites (tertiary alicyclic amines) is 1. The lowest BCUT2D eigenvalue weighted by Gasteiger charge is -2.26. The van der Waals surface area contributed by atoms with E-state index in [0.717, 1.165) is 0 Å². The lowest BCUT2D eigenvalue weighted by molar-refractivity contribution is -0.734. The predicted molar refractivity (Wildman–Crippen MR) is 94.8 cm³/mol. The smallest absolute Gasteiger partial charge is 0.291 e. The number of carbonyl (C=O) groups is 4. The van der Waals surface area contributed by atoms with Gasteiger partial charge >= 0.3 is 0 Å². The van der Waals surface area contributed by atoms with Gasteiger partial charge in [-0.15, -0.1) is 6.58 Å². The number of primary amides is 1. The molecule has 8 nitrogen and oxygen atoms in total. The quantitative estimate of drug-likeness (QED) is 0.447.